The lowest BCUT2D eigenvalue weighted by molar-refractivity contribution is -0.137. The molecule has 2 heterocycles. The van der Waals surface area contributed by atoms with Gasteiger partial charge in [-0.1, -0.05) is 48.3 Å². The topological polar surface area (TPSA) is 88.4 Å². The van der Waals surface area contributed by atoms with E-state index in [1.807, 2.05) is 0 Å². The third kappa shape index (κ3) is 5.41. The number of para-hydroxylation sites is 1. The van der Waals surface area contributed by atoms with Gasteiger partial charge in [0.05, 0.1) is 27.6 Å². The Hall–Kier alpha value is -2.79. The molecule has 1 aliphatic rings. The molecule has 1 fully saturated rings. The van der Waals surface area contributed by atoms with Crippen LogP contribution in [0.5, 0.6) is 0 Å². The molecule has 0 radical (unpaired) electrons. The van der Waals surface area contributed by atoms with Crippen LogP contribution >= 0.6 is 23.4 Å². The van der Waals surface area contributed by atoms with Crippen molar-refractivity contribution in [2.45, 2.75) is 43.1 Å². The average Bonchev–Trinajstić information content (AvgIpc) is 3.42. The second kappa shape index (κ2) is 9.60. The number of amides is 2. The summed E-state index contributed by atoms with van der Waals surface area (Å²) in [7, 11) is 0. The molecule has 7 nitrogen and oxygen atoms in total. The van der Waals surface area contributed by atoms with Crippen molar-refractivity contribution in [2.24, 2.45) is 0 Å². The Morgan fingerprint density at radius 2 is 1.91 bits per heavy atom. The van der Waals surface area contributed by atoms with Crippen LogP contribution in [0.3, 0.4) is 0 Å². The van der Waals surface area contributed by atoms with Crippen LogP contribution in [0.2, 0.25) is 5.02 Å². The van der Waals surface area contributed by atoms with Crippen molar-refractivity contribution < 1.29 is 22.8 Å². The average molecular weight is 498 g/mol. The summed E-state index contributed by atoms with van der Waals surface area (Å²) >= 11 is 6.81. The molecule has 1 aliphatic carbocycles. The summed E-state index contributed by atoms with van der Waals surface area (Å²) in [4.78, 5) is 25.2. The van der Waals surface area contributed by atoms with E-state index in [-0.39, 0.29) is 33.5 Å². The van der Waals surface area contributed by atoms with Gasteiger partial charge in [-0.25, -0.2) is 0 Å². The third-order valence-electron chi connectivity index (χ3n) is 5.22. The predicted molar refractivity (Wildman–Crippen MR) is 119 cm³/mol. The first kappa shape index (κ1) is 23.4. The first-order valence-electron chi connectivity index (χ1n) is 10.2. The highest BCUT2D eigenvalue weighted by molar-refractivity contribution is 7.99. The van der Waals surface area contributed by atoms with Gasteiger partial charge in [0.2, 0.25) is 5.91 Å². The number of benzene rings is 1. The van der Waals surface area contributed by atoms with E-state index in [4.69, 9.17) is 11.6 Å². The smallest absolute Gasteiger partial charge is 0.349 e. The Morgan fingerprint density at radius 1 is 1.18 bits per heavy atom. The van der Waals surface area contributed by atoms with Crippen LogP contribution in [0.4, 0.5) is 18.9 Å². The lowest BCUT2D eigenvalue weighted by Crippen LogP contribution is -2.33. The number of carbonyl (C=O) groups excluding carboxylic acids is 2. The second-order valence-corrected chi connectivity index (χ2v) is 8.94. The molecule has 12 heteroatoms. The number of rotatable bonds is 6. The summed E-state index contributed by atoms with van der Waals surface area (Å²) in [6.07, 6.45) is 0.266. The quantitative estimate of drug-likeness (QED) is 0.477. The fourth-order valence-corrected chi connectivity index (χ4v) is 4.58. The number of anilines is 1. The molecular weight excluding hydrogens is 479 g/mol. The normalized spacial score (nSPS) is 14.5. The first-order valence-corrected chi connectivity index (χ1v) is 11.5. The van der Waals surface area contributed by atoms with E-state index in [2.05, 4.69) is 20.8 Å². The van der Waals surface area contributed by atoms with Gasteiger partial charge in [0.1, 0.15) is 0 Å². The SMILES string of the molecule is O=C(CSc1nnc2c(Cl)cc(C(F)(F)F)cn12)Nc1ccccc1C(=O)NC1CCCC1. The number of pyridine rings is 1. The summed E-state index contributed by atoms with van der Waals surface area (Å²) in [5, 5.41) is 13.2. The highest BCUT2D eigenvalue weighted by Gasteiger charge is 2.32. The molecule has 2 amide bonds. The van der Waals surface area contributed by atoms with Crippen LogP contribution < -0.4 is 10.6 Å². The Kier molecular flexibility index (Phi) is 6.80. The Morgan fingerprint density at radius 3 is 2.64 bits per heavy atom. The molecule has 3 aromatic rings. The van der Waals surface area contributed by atoms with Crippen LogP contribution in [0.1, 0.15) is 41.6 Å². The molecule has 1 aromatic carbocycles. The summed E-state index contributed by atoms with van der Waals surface area (Å²) < 4.78 is 40.4. The molecule has 2 N–H and O–H groups in total. The fourth-order valence-electron chi connectivity index (χ4n) is 3.63. The van der Waals surface area contributed by atoms with Crippen molar-refractivity contribution >= 4 is 46.5 Å². The van der Waals surface area contributed by atoms with Crippen molar-refractivity contribution in [3.05, 3.63) is 52.7 Å². The van der Waals surface area contributed by atoms with Crippen LogP contribution in [0.25, 0.3) is 5.65 Å². The summed E-state index contributed by atoms with van der Waals surface area (Å²) in [5.74, 6) is -0.869. The number of carbonyl (C=O) groups is 2. The van der Waals surface area contributed by atoms with E-state index in [0.717, 1.165) is 54.1 Å². The molecule has 1 saturated carbocycles. The standard InChI is InChI=1S/C21H19ClF3N5O2S/c22-15-9-12(21(23,24)25)10-30-18(15)28-29-20(30)33-11-17(31)27-16-8-4-3-7-14(16)19(32)26-13-5-1-2-6-13/h3-4,7-10,13H,1-2,5-6,11H2,(H,26,32)(H,27,31). The molecule has 0 unspecified atom stereocenters. The lowest BCUT2D eigenvalue weighted by atomic mass is 10.1. The summed E-state index contributed by atoms with van der Waals surface area (Å²) in [6, 6.07) is 7.56. The molecule has 0 bridgehead atoms. The molecule has 33 heavy (non-hydrogen) atoms. The molecule has 174 valence electrons. The van der Waals surface area contributed by atoms with Crippen LogP contribution in [-0.2, 0) is 11.0 Å². The molecule has 0 spiro atoms. The minimum absolute atomic E-state index is 0.0569. The zero-order chi connectivity index (χ0) is 23.6. The van der Waals surface area contributed by atoms with Gasteiger partial charge in [-0.2, -0.15) is 13.2 Å². The van der Waals surface area contributed by atoms with Gasteiger partial charge < -0.3 is 10.6 Å². The van der Waals surface area contributed by atoms with Crippen LogP contribution in [0.15, 0.2) is 41.7 Å². The van der Waals surface area contributed by atoms with E-state index < -0.39 is 17.6 Å². The zero-order valence-electron chi connectivity index (χ0n) is 17.2. The van der Waals surface area contributed by atoms with Crippen molar-refractivity contribution in [3.63, 3.8) is 0 Å². The molecule has 0 saturated heterocycles. The number of fused-ring (bicyclic) bond motifs is 1. The van der Waals surface area contributed by atoms with Gasteiger partial charge in [0.25, 0.3) is 5.91 Å². The van der Waals surface area contributed by atoms with Crippen molar-refractivity contribution in [1.29, 1.82) is 0 Å². The minimum Gasteiger partial charge on any atom is -0.349 e. The Balaban J connectivity index is 1.45. The van der Waals surface area contributed by atoms with E-state index in [0.29, 0.717) is 11.3 Å². The van der Waals surface area contributed by atoms with Gasteiger partial charge in [-0.05, 0) is 31.0 Å². The summed E-state index contributed by atoms with van der Waals surface area (Å²) in [5.41, 5.74) is -0.195. The molecule has 4 rings (SSSR count). The maximum absolute atomic E-state index is 13.1. The van der Waals surface area contributed by atoms with Crippen LogP contribution in [-0.4, -0.2) is 38.2 Å². The molecule has 0 atom stereocenters. The Bertz CT molecular complexity index is 1190. The van der Waals surface area contributed by atoms with Gasteiger partial charge in [0, 0.05) is 12.2 Å². The van der Waals surface area contributed by atoms with Gasteiger partial charge in [-0.3, -0.25) is 14.0 Å². The van der Waals surface area contributed by atoms with Gasteiger partial charge in [-0.15, -0.1) is 10.2 Å². The van der Waals surface area contributed by atoms with E-state index in [1.165, 1.54) is 0 Å². The molecule has 0 aliphatic heterocycles. The summed E-state index contributed by atoms with van der Waals surface area (Å²) in [6.45, 7) is 0. The monoisotopic (exact) mass is 497 g/mol. The molecular formula is C21H19ClF3N5O2S. The lowest BCUT2D eigenvalue weighted by Gasteiger charge is -2.15. The number of halogens is 4. The fraction of sp³-hybridized carbons (Fsp3) is 0.333. The highest BCUT2D eigenvalue weighted by Crippen LogP contribution is 2.33. The zero-order valence-corrected chi connectivity index (χ0v) is 18.7. The second-order valence-electron chi connectivity index (χ2n) is 7.59. The minimum atomic E-state index is -4.59. The number of thioether (sulfide) groups is 1. The highest BCUT2D eigenvalue weighted by atomic mass is 35.5. The number of alkyl halides is 3. The molecule has 2 aromatic heterocycles. The number of nitrogens with zero attached hydrogens (tertiary/aromatic N) is 3. The Labute approximate surface area is 196 Å². The van der Waals surface area contributed by atoms with Crippen molar-refractivity contribution in [1.82, 2.24) is 19.9 Å². The van der Waals surface area contributed by atoms with Crippen molar-refractivity contribution in [2.75, 3.05) is 11.1 Å². The number of hydrogen-bond donors (Lipinski definition) is 2. The van der Waals surface area contributed by atoms with E-state index in [9.17, 15) is 22.8 Å². The van der Waals surface area contributed by atoms with Gasteiger partial charge >= 0.3 is 6.18 Å². The first-order chi connectivity index (χ1) is 15.7. The third-order valence-corrected chi connectivity index (χ3v) is 6.45. The maximum Gasteiger partial charge on any atom is 0.417 e. The van der Waals surface area contributed by atoms with E-state index >= 15 is 0 Å². The maximum atomic E-state index is 13.1. The van der Waals surface area contributed by atoms with Gasteiger partial charge in [0.15, 0.2) is 10.8 Å². The van der Waals surface area contributed by atoms with Crippen molar-refractivity contribution in [3.8, 4) is 0 Å². The number of nitrogens with one attached hydrogen (secondary N) is 2. The van der Waals surface area contributed by atoms with Crippen LogP contribution in [0, 0.1) is 0 Å². The van der Waals surface area contributed by atoms with E-state index in [1.54, 1.807) is 24.3 Å². The number of aromatic nitrogens is 3. The largest absolute Gasteiger partial charge is 0.417 e. The predicted octanol–water partition coefficient (Wildman–Crippen LogP) is 4.80. The number of hydrogen-bond acceptors (Lipinski definition) is 5.